The van der Waals surface area contributed by atoms with Gasteiger partial charge in [0.2, 0.25) is 0 Å². The van der Waals surface area contributed by atoms with Crippen LogP contribution in [0.4, 0.5) is 5.69 Å². The number of nitrogens with one attached hydrogen (secondary N) is 1. The van der Waals surface area contributed by atoms with Crippen LogP contribution in [-0.2, 0) is 16.0 Å². The van der Waals surface area contributed by atoms with Crippen molar-refractivity contribution in [2.75, 3.05) is 45.4 Å². The van der Waals surface area contributed by atoms with Gasteiger partial charge in [-0.3, -0.25) is 0 Å². The van der Waals surface area contributed by atoms with Crippen molar-refractivity contribution in [1.29, 1.82) is 0 Å². The fourth-order valence-corrected chi connectivity index (χ4v) is 2.60. The molecule has 1 aromatic rings. The lowest BCUT2D eigenvalue weighted by Gasteiger charge is -2.33. The lowest BCUT2D eigenvalue weighted by molar-refractivity contribution is 0.0893. The first kappa shape index (κ1) is 15.3. The van der Waals surface area contributed by atoms with E-state index in [0.29, 0.717) is 6.10 Å². The minimum absolute atomic E-state index is 0.374. The molecule has 2 rings (SSSR count). The third-order valence-electron chi connectivity index (χ3n) is 3.83. The van der Waals surface area contributed by atoms with Crippen LogP contribution in [0.5, 0.6) is 0 Å². The van der Waals surface area contributed by atoms with E-state index in [1.54, 1.807) is 7.11 Å². The molecule has 1 aliphatic heterocycles. The van der Waals surface area contributed by atoms with Gasteiger partial charge in [-0.2, -0.15) is 0 Å². The number of hydrogen-bond donors (Lipinski definition) is 1. The summed E-state index contributed by atoms with van der Waals surface area (Å²) in [5.74, 6) is 0. The van der Waals surface area contributed by atoms with Crippen molar-refractivity contribution in [2.45, 2.75) is 25.5 Å². The summed E-state index contributed by atoms with van der Waals surface area (Å²) >= 11 is 0. The number of ether oxygens (including phenoxy) is 2. The molecule has 1 aliphatic rings. The molecule has 0 aliphatic carbocycles. The standard InChI is InChI=1S/C16H26N2O2/c1-19-11-9-17-12-14-5-7-15(8-6-14)18-10-3-4-16(13-18)20-2/h5-8,16-17H,3-4,9-13H2,1-2H3. The molecule has 1 saturated heterocycles. The van der Waals surface area contributed by atoms with Gasteiger partial charge in [-0.25, -0.2) is 0 Å². The zero-order valence-electron chi connectivity index (χ0n) is 12.6. The lowest BCUT2D eigenvalue weighted by atomic mass is 10.1. The van der Waals surface area contributed by atoms with Crippen molar-refractivity contribution in [2.24, 2.45) is 0 Å². The van der Waals surface area contributed by atoms with Gasteiger partial charge in [0.05, 0.1) is 12.7 Å². The summed E-state index contributed by atoms with van der Waals surface area (Å²) in [6, 6.07) is 8.83. The Morgan fingerprint density at radius 2 is 2.05 bits per heavy atom. The highest BCUT2D eigenvalue weighted by atomic mass is 16.5. The molecule has 1 atom stereocenters. The van der Waals surface area contributed by atoms with Crippen molar-refractivity contribution >= 4 is 5.69 Å². The van der Waals surface area contributed by atoms with Gasteiger partial charge in [0.1, 0.15) is 0 Å². The number of anilines is 1. The van der Waals surface area contributed by atoms with Gasteiger partial charge < -0.3 is 19.7 Å². The SMILES string of the molecule is COCCNCc1ccc(N2CCCC(OC)C2)cc1. The molecule has 1 aromatic carbocycles. The Hall–Kier alpha value is -1.10. The highest BCUT2D eigenvalue weighted by Gasteiger charge is 2.19. The van der Waals surface area contributed by atoms with E-state index in [9.17, 15) is 0 Å². The average Bonchev–Trinajstić information content (AvgIpc) is 2.52. The van der Waals surface area contributed by atoms with Crippen LogP contribution < -0.4 is 10.2 Å². The third-order valence-corrected chi connectivity index (χ3v) is 3.83. The minimum atomic E-state index is 0.374. The molecule has 1 fully saturated rings. The Morgan fingerprint density at radius 1 is 1.25 bits per heavy atom. The molecule has 112 valence electrons. The van der Waals surface area contributed by atoms with Crippen molar-refractivity contribution in [3.05, 3.63) is 29.8 Å². The highest BCUT2D eigenvalue weighted by Crippen LogP contribution is 2.21. The van der Waals surface area contributed by atoms with Gasteiger partial charge in [0, 0.05) is 46.1 Å². The molecule has 0 spiro atoms. The second-order valence-corrected chi connectivity index (χ2v) is 5.28. The molecule has 0 aromatic heterocycles. The van der Waals surface area contributed by atoms with Crippen LogP contribution in [-0.4, -0.2) is 46.6 Å². The lowest BCUT2D eigenvalue weighted by Crippen LogP contribution is -2.39. The van der Waals surface area contributed by atoms with Crippen LogP contribution >= 0.6 is 0 Å². The van der Waals surface area contributed by atoms with E-state index in [2.05, 4.69) is 34.5 Å². The first-order valence-corrected chi connectivity index (χ1v) is 7.40. The van der Waals surface area contributed by atoms with Gasteiger partial charge >= 0.3 is 0 Å². The van der Waals surface area contributed by atoms with Gasteiger partial charge in [0.25, 0.3) is 0 Å². The fraction of sp³-hybridized carbons (Fsp3) is 0.625. The molecule has 0 radical (unpaired) electrons. The summed E-state index contributed by atoms with van der Waals surface area (Å²) in [6.45, 7) is 4.67. The predicted molar refractivity (Wildman–Crippen MR) is 82.3 cm³/mol. The van der Waals surface area contributed by atoms with E-state index in [1.807, 2.05) is 7.11 Å². The molecule has 4 heteroatoms. The molecular formula is C16H26N2O2. The monoisotopic (exact) mass is 278 g/mol. The maximum atomic E-state index is 5.48. The van der Waals surface area contributed by atoms with Gasteiger partial charge in [-0.1, -0.05) is 12.1 Å². The zero-order valence-corrected chi connectivity index (χ0v) is 12.6. The smallest absolute Gasteiger partial charge is 0.0746 e. The molecule has 0 amide bonds. The van der Waals surface area contributed by atoms with Crippen molar-refractivity contribution in [3.63, 3.8) is 0 Å². The second kappa shape index (κ2) is 8.25. The number of hydrogen-bond acceptors (Lipinski definition) is 4. The topological polar surface area (TPSA) is 33.7 Å². The number of rotatable bonds is 7. The number of benzene rings is 1. The molecular weight excluding hydrogens is 252 g/mol. The summed E-state index contributed by atoms with van der Waals surface area (Å²) in [7, 11) is 3.53. The second-order valence-electron chi connectivity index (χ2n) is 5.28. The summed E-state index contributed by atoms with van der Waals surface area (Å²) in [5, 5.41) is 3.36. The Kier molecular flexibility index (Phi) is 6.30. The van der Waals surface area contributed by atoms with E-state index in [-0.39, 0.29) is 0 Å². The quantitative estimate of drug-likeness (QED) is 0.774. The van der Waals surface area contributed by atoms with Crippen LogP contribution in [0.25, 0.3) is 0 Å². The maximum absolute atomic E-state index is 5.48. The van der Waals surface area contributed by atoms with Crippen LogP contribution in [0.15, 0.2) is 24.3 Å². The van der Waals surface area contributed by atoms with E-state index in [0.717, 1.165) is 32.8 Å². The van der Waals surface area contributed by atoms with Gasteiger partial charge in [0.15, 0.2) is 0 Å². The molecule has 1 heterocycles. The molecule has 0 bridgehead atoms. The largest absolute Gasteiger partial charge is 0.383 e. The molecule has 1 N–H and O–H groups in total. The Labute approximate surface area is 122 Å². The van der Waals surface area contributed by atoms with E-state index < -0.39 is 0 Å². The maximum Gasteiger partial charge on any atom is 0.0746 e. The normalized spacial score (nSPS) is 19.3. The molecule has 1 unspecified atom stereocenters. The first-order chi connectivity index (χ1) is 9.83. The average molecular weight is 278 g/mol. The first-order valence-electron chi connectivity index (χ1n) is 7.40. The van der Waals surface area contributed by atoms with Crippen LogP contribution in [0.2, 0.25) is 0 Å². The Balaban J connectivity index is 1.84. The number of piperidine rings is 1. The van der Waals surface area contributed by atoms with Gasteiger partial charge in [-0.05, 0) is 30.5 Å². The highest BCUT2D eigenvalue weighted by molar-refractivity contribution is 5.48. The van der Waals surface area contributed by atoms with Crippen molar-refractivity contribution < 1.29 is 9.47 Å². The zero-order chi connectivity index (χ0) is 14.2. The van der Waals surface area contributed by atoms with E-state index >= 15 is 0 Å². The van der Waals surface area contributed by atoms with Gasteiger partial charge in [-0.15, -0.1) is 0 Å². The summed E-state index contributed by atoms with van der Waals surface area (Å²) in [4.78, 5) is 2.42. The third kappa shape index (κ3) is 4.47. The molecule has 20 heavy (non-hydrogen) atoms. The summed E-state index contributed by atoms with van der Waals surface area (Å²) in [6.07, 6.45) is 2.76. The van der Waals surface area contributed by atoms with Crippen molar-refractivity contribution in [3.8, 4) is 0 Å². The van der Waals surface area contributed by atoms with Crippen molar-refractivity contribution in [1.82, 2.24) is 5.32 Å². The number of methoxy groups -OCH3 is 2. The summed E-state index contributed by atoms with van der Waals surface area (Å²) in [5.41, 5.74) is 2.61. The van der Waals surface area contributed by atoms with E-state index in [4.69, 9.17) is 9.47 Å². The molecule has 4 nitrogen and oxygen atoms in total. The minimum Gasteiger partial charge on any atom is -0.383 e. The fourth-order valence-electron chi connectivity index (χ4n) is 2.60. The predicted octanol–water partition coefficient (Wildman–Crippen LogP) is 2.04. The number of nitrogens with zero attached hydrogens (tertiary/aromatic N) is 1. The Bertz CT molecular complexity index is 381. The van der Waals surface area contributed by atoms with Crippen LogP contribution in [0.3, 0.4) is 0 Å². The van der Waals surface area contributed by atoms with Crippen LogP contribution in [0.1, 0.15) is 18.4 Å². The summed E-state index contributed by atoms with van der Waals surface area (Å²) < 4.78 is 10.5. The molecule has 0 saturated carbocycles. The van der Waals surface area contributed by atoms with E-state index in [1.165, 1.54) is 24.1 Å². The Morgan fingerprint density at radius 3 is 2.75 bits per heavy atom. The van der Waals surface area contributed by atoms with Crippen LogP contribution in [0, 0.1) is 0 Å².